The second-order valence-electron chi connectivity index (χ2n) is 3.68. The number of hydrogen-bond donors (Lipinski definition) is 1. The average molecular weight is 284 g/mol. The maximum Gasteiger partial charge on any atom is 0.239 e. The zero-order valence-electron chi connectivity index (χ0n) is 9.65. The molecule has 0 aliphatic carbocycles. The molecule has 0 spiro atoms. The first kappa shape index (κ1) is 12.9. The molecule has 2 aromatic rings. The number of carbonyl (C=O) groups excluding carboxylic acids is 1. The third kappa shape index (κ3) is 2.66. The summed E-state index contributed by atoms with van der Waals surface area (Å²) in [5, 5.41) is 3.63. The topological polar surface area (TPSA) is 46.9 Å². The number of rotatable bonds is 3. The highest BCUT2D eigenvalue weighted by atomic mass is 35.5. The highest BCUT2D eigenvalue weighted by molar-refractivity contribution is 6.36. The molecule has 0 atom stereocenters. The molecular weight excluding hydrogens is 273 g/mol. The Morgan fingerprint density at radius 2 is 2.22 bits per heavy atom. The molecule has 0 aliphatic rings. The molecule has 0 unspecified atom stereocenters. The van der Waals surface area contributed by atoms with Crippen LogP contribution in [-0.4, -0.2) is 22.5 Å². The molecule has 94 valence electrons. The van der Waals surface area contributed by atoms with Gasteiger partial charge in [0.25, 0.3) is 0 Å². The molecule has 18 heavy (non-hydrogen) atoms. The molecule has 0 aliphatic heterocycles. The van der Waals surface area contributed by atoms with Gasteiger partial charge in [-0.15, -0.1) is 0 Å². The molecule has 4 nitrogen and oxygen atoms in total. The number of amides is 1. The Hall–Kier alpha value is -1.52. The maximum absolute atomic E-state index is 11.4. The third-order valence-electron chi connectivity index (χ3n) is 2.48. The maximum atomic E-state index is 11.4. The monoisotopic (exact) mass is 283 g/mol. The van der Waals surface area contributed by atoms with E-state index >= 15 is 0 Å². The summed E-state index contributed by atoms with van der Waals surface area (Å²) in [6.45, 7) is 0.199. The fourth-order valence-electron chi connectivity index (χ4n) is 1.59. The van der Waals surface area contributed by atoms with Crippen molar-refractivity contribution in [2.45, 2.75) is 6.54 Å². The number of imidazole rings is 1. The Kier molecular flexibility index (Phi) is 3.89. The van der Waals surface area contributed by atoms with Crippen molar-refractivity contribution in [3.63, 3.8) is 0 Å². The van der Waals surface area contributed by atoms with E-state index in [4.69, 9.17) is 23.2 Å². The van der Waals surface area contributed by atoms with Crippen LogP contribution in [0.15, 0.2) is 30.6 Å². The van der Waals surface area contributed by atoms with Crippen molar-refractivity contribution in [1.82, 2.24) is 14.9 Å². The van der Waals surface area contributed by atoms with E-state index in [0.717, 1.165) is 5.56 Å². The number of carbonyl (C=O) groups is 1. The summed E-state index contributed by atoms with van der Waals surface area (Å²) in [6.07, 6.45) is 3.36. The second kappa shape index (κ2) is 5.42. The minimum atomic E-state index is -0.0978. The first-order valence-electron chi connectivity index (χ1n) is 5.29. The highest BCUT2D eigenvalue weighted by Gasteiger charge is 2.12. The van der Waals surface area contributed by atoms with Gasteiger partial charge in [-0.3, -0.25) is 4.79 Å². The molecule has 1 amide bonds. The van der Waals surface area contributed by atoms with Crippen LogP contribution in [0.4, 0.5) is 0 Å². The van der Waals surface area contributed by atoms with Crippen molar-refractivity contribution < 1.29 is 4.79 Å². The second-order valence-corrected chi connectivity index (χ2v) is 4.52. The minimum absolute atomic E-state index is 0.0978. The van der Waals surface area contributed by atoms with Crippen LogP contribution in [-0.2, 0) is 11.3 Å². The average Bonchev–Trinajstić information content (AvgIpc) is 2.77. The van der Waals surface area contributed by atoms with Crippen molar-refractivity contribution in [3.05, 3.63) is 40.6 Å². The van der Waals surface area contributed by atoms with Gasteiger partial charge in [-0.25, -0.2) is 4.98 Å². The smallest absolute Gasteiger partial charge is 0.239 e. The van der Waals surface area contributed by atoms with Crippen LogP contribution >= 0.6 is 23.2 Å². The number of hydrogen-bond acceptors (Lipinski definition) is 2. The number of nitrogens with zero attached hydrogens (tertiary/aromatic N) is 2. The van der Waals surface area contributed by atoms with E-state index in [1.807, 2.05) is 0 Å². The van der Waals surface area contributed by atoms with Crippen molar-refractivity contribution in [1.29, 1.82) is 0 Å². The SMILES string of the molecule is CNC(=O)Cn1ccnc1-c1ccc(Cl)cc1Cl. The van der Waals surface area contributed by atoms with Gasteiger partial charge in [0, 0.05) is 30.0 Å². The molecule has 0 fully saturated rings. The number of nitrogens with one attached hydrogen (secondary N) is 1. The normalized spacial score (nSPS) is 10.4. The van der Waals surface area contributed by atoms with E-state index < -0.39 is 0 Å². The summed E-state index contributed by atoms with van der Waals surface area (Å²) in [5.41, 5.74) is 0.745. The van der Waals surface area contributed by atoms with Crippen molar-refractivity contribution >= 4 is 29.1 Å². The number of benzene rings is 1. The largest absolute Gasteiger partial charge is 0.358 e. The fraction of sp³-hybridized carbons (Fsp3) is 0.167. The Morgan fingerprint density at radius 1 is 1.44 bits per heavy atom. The molecule has 1 heterocycles. The summed E-state index contributed by atoms with van der Waals surface area (Å²) in [4.78, 5) is 15.6. The molecule has 1 aromatic carbocycles. The molecular formula is C12H11Cl2N3O. The van der Waals surface area contributed by atoms with Crippen LogP contribution in [0.1, 0.15) is 0 Å². The van der Waals surface area contributed by atoms with Crippen molar-refractivity contribution in [2.24, 2.45) is 0 Å². The molecule has 0 radical (unpaired) electrons. The van der Waals surface area contributed by atoms with Crippen LogP contribution in [0, 0.1) is 0 Å². The van der Waals surface area contributed by atoms with E-state index in [1.165, 1.54) is 0 Å². The van der Waals surface area contributed by atoms with Gasteiger partial charge in [-0.1, -0.05) is 23.2 Å². The Bertz CT molecular complexity index is 580. The van der Waals surface area contributed by atoms with Gasteiger partial charge in [0.05, 0.1) is 5.02 Å². The van der Waals surface area contributed by atoms with E-state index in [2.05, 4.69) is 10.3 Å². The molecule has 1 N–H and O–H groups in total. The summed E-state index contributed by atoms with van der Waals surface area (Å²) in [6, 6.07) is 5.17. The lowest BCUT2D eigenvalue weighted by molar-refractivity contribution is -0.121. The fourth-order valence-corrected chi connectivity index (χ4v) is 2.08. The quantitative estimate of drug-likeness (QED) is 0.941. The zero-order chi connectivity index (χ0) is 13.1. The molecule has 2 rings (SSSR count). The van der Waals surface area contributed by atoms with E-state index in [1.54, 1.807) is 42.2 Å². The van der Waals surface area contributed by atoms with Crippen LogP contribution in [0.5, 0.6) is 0 Å². The van der Waals surface area contributed by atoms with Gasteiger partial charge in [-0.2, -0.15) is 0 Å². The lowest BCUT2D eigenvalue weighted by Crippen LogP contribution is -2.23. The van der Waals surface area contributed by atoms with Crippen LogP contribution in [0.2, 0.25) is 10.0 Å². The van der Waals surface area contributed by atoms with Gasteiger partial charge in [0.15, 0.2) is 0 Å². The van der Waals surface area contributed by atoms with Gasteiger partial charge < -0.3 is 9.88 Å². The zero-order valence-corrected chi connectivity index (χ0v) is 11.2. The molecule has 0 bridgehead atoms. The van der Waals surface area contributed by atoms with Crippen molar-refractivity contribution in [2.75, 3.05) is 7.05 Å². The van der Waals surface area contributed by atoms with Crippen LogP contribution < -0.4 is 5.32 Å². The van der Waals surface area contributed by atoms with Gasteiger partial charge in [0.2, 0.25) is 5.91 Å². The number of halogens is 2. The van der Waals surface area contributed by atoms with Crippen LogP contribution in [0.25, 0.3) is 11.4 Å². The first-order valence-corrected chi connectivity index (χ1v) is 6.04. The summed E-state index contributed by atoms with van der Waals surface area (Å²) in [5.74, 6) is 0.541. The van der Waals surface area contributed by atoms with E-state index in [0.29, 0.717) is 15.9 Å². The molecule has 0 saturated carbocycles. The molecule has 0 saturated heterocycles. The lowest BCUT2D eigenvalue weighted by atomic mass is 10.2. The Labute approximate surface area is 115 Å². The Morgan fingerprint density at radius 3 is 2.89 bits per heavy atom. The first-order chi connectivity index (χ1) is 8.61. The minimum Gasteiger partial charge on any atom is -0.358 e. The highest BCUT2D eigenvalue weighted by Crippen LogP contribution is 2.29. The Balaban J connectivity index is 2.39. The summed E-state index contributed by atoms with van der Waals surface area (Å²) >= 11 is 12.0. The predicted octanol–water partition coefficient (Wildman–Crippen LogP) is 2.60. The van der Waals surface area contributed by atoms with E-state index in [9.17, 15) is 4.79 Å². The molecule has 6 heteroatoms. The van der Waals surface area contributed by atoms with Gasteiger partial charge >= 0.3 is 0 Å². The standard InChI is InChI=1S/C12H11Cl2N3O/c1-15-11(18)7-17-5-4-16-12(17)9-3-2-8(13)6-10(9)14/h2-6H,7H2,1H3,(H,15,18). The molecule has 1 aromatic heterocycles. The van der Waals surface area contributed by atoms with Crippen molar-refractivity contribution in [3.8, 4) is 11.4 Å². The van der Waals surface area contributed by atoms with Gasteiger partial charge in [0.1, 0.15) is 12.4 Å². The van der Waals surface area contributed by atoms with Gasteiger partial charge in [-0.05, 0) is 18.2 Å². The third-order valence-corrected chi connectivity index (χ3v) is 3.03. The number of aromatic nitrogens is 2. The lowest BCUT2D eigenvalue weighted by Gasteiger charge is -2.08. The van der Waals surface area contributed by atoms with Crippen LogP contribution in [0.3, 0.4) is 0 Å². The predicted molar refractivity (Wildman–Crippen MR) is 71.7 cm³/mol. The van der Waals surface area contributed by atoms with E-state index in [-0.39, 0.29) is 12.5 Å². The summed E-state index contributed by atoms with van der Waals surface area (Å²) < 4.78 is 1.73. The summed E-state index contributed by atoms with van der Waals surface area (Å²) in [7, 11) is 1.59. The number of likely N-dealkylation sites (N-methyl/N-ethyl adjacent to an activating group) is 1.